The van der Waals surface area contributed by atoms with Crippen LogP contribution in [0, 0.1) is 0 Å². The van der Waals surface area contributed by atoms with Crippen LogP contribution in [0.1, 0.15) is 50.6 Å². The second-order valence-corrected chi connectivity index (χ2v) is 7.08. The molecule has 2 aliphatic rings. The third kappa shape index (κ3) is 6.24. The summed E-state index contributed by atoms with van der Waals surface area (Å²) in [6.07, 6.45) is 8.31. The SMILES string of the molecule is CNC(=O)NCc1ccc(C2CC2)cc1.[HH].c1cnnc(N2CCCCC2)c1. The van der Waals surface area contributed by atoms with E-state index in [4.69, 9.17) is 0 Å². The number of hydrogen-bond acceptors (Lipinski definition) is 4. The van der Waals surface area contributed by atoms with Crippen molar-refractivity contribution in [2.24, 2.45) is 0 Å². The van der Waals surface area contributed by atoms with Crippen LogP contribution in [0.3, 0.4) is 0 Å². The van der Waals surface area contributed by atoms with Gasteiger partial charge in [0.2, 0.25) is 0 Å². The summed E-state index contributed by atoms with van der Waals surface area (Å²) >= 11 is 0. The predicted octanol–water partition coefficient (Wildman–Crippen LogP) is 3.71. The summed E-state index contributed by atoms with van der Waals surface area (Å²) in [6, 6.07) is 12.3. The van der Waals surface area contributed by atoms with Gasteiger partial charge in [-0.3, -0.25) is 0 Å². The Morgan fingerprint density at radius 3 is 2.48 bits per heavy atom. The first-order valence-electron chi connectivity index (χ1n) is 9.83. The van der Waals surface area contributed by atoms with Crippen molar-refractivity contribution in [3.63, 3.8) is 0 Å². The summed E-state index contributed by atoms with van der Waals surface area (Å²) < 4.78 is 0. The van der Waals surface area contributed by atoms with Gasteiger partial charge in [-0.1, -0.05) is 24.3 Å². The number of aromatic nitrogens is 2. The van der Waals surface area contributed by atoms with E-state index in [1.807, 2.05) is 12.1 Å². The fourth-order valence-corrected chi connectivity index (χ4v) is 3.18. The first kappa shape index (κ1) is 19.1. The molecule has 27 heavy (non-hydrogen) atoms. The number of piperidine rings is 1. The van der Waals surface area contributed by atoms with E-state index in [9.17, 15) is 4.79 Å². The van der Waals surface area contributed by atoms with E-state index in [0.717, 1.165) is 30.4 Å². The number of rotatable bonds is 4. The maximum atomic E-state index is 10.9. The van der Waals surface area contributed by atoms with Crippen molar-refractivity contribution >= 4 is 11.8 Å². The van der Waals surface area contributed by atoms with E-state index in [1.165, 1.54) is 37.7 Å². The fourth-order valence-electron chi connectivity index (χ4n) is 3.18. The van der Waals surface area contributed by atoms with Gasteiger partial charge in [0.25, 0.3) is 0 Å². The molecule has 2 heterocycles. The van der Waals surface area contributed by atoms with E-state index in [-0.39, 0.29) is 7.46 Å². The summed E-state index contributed by atoms with van der Waals surface area (Å²) in [5.74, 6) is 1.82. The average Bonchev–Trinajstić information content (AvgIpc) is 3.59. The summed E-state index contributed by atoms with van der Waals surface area (Å²) in [6.45, 7) is 2.86. The summed E-state index contributed by atoms with van der Waals surface area (Å²) in [5, 5.41) is 13.2. The molecule has 146 valence electrons. The van der Waals surface area contributed by atoms with Gasteiger partial charge in [0, 0.05) is 34.3 Å². The summed E-state index contributed by atoms with van der Waals surface area (Å²) in [4.78, 5) is 13.3. The Bertz CT molecular complexity index is 700. The van der Waals surface area contributed by atoms with E-state index >= 15 is 0 Å². The lowest BCUT2D eigenvalue weighted by Gasteiger charge is -2.26. The highest BCUT2D eigenvalue weighted by atomic mass is 16.2. The Morgan fingerprint density at radius 1 is 1.15 bits per heavy atom. The largest absolute Gasteiger partial charge is 0.355 e. The highest BCUT2D eigenvalue weighted by Gasteiger charge is 2.22. The van der Waals surface area contributed by atoms with Gasteiger partial charge in [0.15, 0.2) is 5.82 Å². The topological polar surface area (TPSA) is 70.1 Å². The van der Waals surface area contributed by atoms with Crippen molar-refractivity contribution in [3.8, 4) is 0 Å². The molecule has 1 saturated carbocycles. The second kappa shape index (κ2) is 9.90. The van der Waals surface area contributed by atoms with E-state index in [1.54, 1.807) is 13.2 Å². The molecule has 6 heteroatoms. The number of amides is 2. The van der Waals surface area contributed by atoms with Gasteiger partial charge >= 0.3 is 6.03 Å². The minimum atomic E-state index is -0.138. The Labute approximate surface area is 162 Å². The second-order valence-electron chi connectivity index (χ2n) is 7.08. The van der Waals surface area contributed by atoms with Crippen molar-refractivity contribution in [2.75, 3.05) is 25.0 Å². The lowest BCUT2D eigenvalue weighted by atomic mass is 10.1. The number of urea groups is 1. The molecule has 6 nitrogen and oxygen atoms in total. The standard InChI is InChI=1S/C12H16N2O.C9H13N3.H2/c1-13-12(15)14-8-9-2-4-10(5-3-9)11-6-7-11;1-2-7-12(8-3-1)9-5-4-6-10-11-9;/h2-5,11H,6-8H2,1H3,(H2,13,14,15);4-6H,1-3,7-8H2;1H. The van der Waals surface area contributed by atoms with Gasteiger partial charge in [-0.2, -0.15) is 5.10 Å². The van der Waals surface area contributed by atoms with E-state index in [2.05, 4.69) is 50.0 Å². The molecule has 4 rings (SSSR count). The number of hydrogen-bond donors (Lipinski definition) is 2. The predicted molar refractivity (Wildman–Crippen MR) is 110 cm³/mol. The molecule has 2 N–H and O–H groups in total. The normalized spacial score (nSPS) is 16.1. The number of nitrogens with zero attached hydrogens (tertiary/aromatic N) is 3. The molecule has 2 aromatic rings. The first-order chi connectivity index (χ1) is 13.3. The molecule has 1 saturated heterocycles. The number of carbonyl (C=O) groups excluding carboxylic acids is 1. The molecular formula is C21H31N5O. The first-order valence-corrected chi connectivity index (χ1v) is 9.83. The molecule has 0 bridgehead atoms. The zero-order valence-corrected chi connectivity index (χ0v) is 16.0. The van der Waals surface area contributed by atoms with Crippen molar-refractivity contribution < 1.29 is 6.22 Å². The summed E-state index contributed by atoms with van der Waals surface area (Å²) in [5.41, 5.74) is 2.57. The monoisotopic (exact) mass is 369 g/mol. The van der Waals surface area contributed by atoms with Crippen LogP contribution in [0.15, 0.2) is 42.6 Å². The Morgan fingerprint density at radius 2 is 1.89 bits per heavy atom. The molecule has 0 radical (unpaired) electrons. The third-order valence-electron chi connectivity index (χ3n) is 4.95. The third-order valence-corrected chi connectivity index (χ3v) is 4.95. The van der Waals surface area contributed by atoms with Crippen molar-refractivity contribution in [1.29, 1.82) is 0 Å². The Balaban J connectivity index is 0.000000198. The van der Waals surface area contributed by atoms with Crippen LogP contribution >= 0.6 is 0 Å². The molecule has 0 spiro atoms. The maximum Gasteiger partial charge on any atom is 0.314 e. The van der Waals surface area contributed by atoms with Crippen LogP contribution in [-0.4, -0.2) is 36.4 Å². The van der Waals surface area contributed by atoms with E-state index in [0.29, 0.717) is 6.54 Å². The van der Waals surface area contributed by atoms with Crippen LogP contribution in [-0.2, 0) is 6.54 Å². The number of carbonyl (C=O) groups is 1. The van der Waals surface area contributed by atoms with Crippen LogP contribution in [0.4, 0.5) is 10.6 Å². The Hall–Kier alpha value is -2.63. The minimum Gasteiger partial charge on any atom is -0.355 e. The van der Waals surface area contributed by atoms with Gasteiger partial charge in [0.05, 0.1) is 0 Å². The number of nitrogens with one attached hydrogen (secondary N) is 2. The van der Waals surface area contributed by atoms with Crippen molar-refractivity contribution in [1.82, 2.24) is 20.8 Å². The number of anilines is 1. The molecule has 1 aromatic carbocycles. The highest BCUT2D eigenvalue weighted by molar-refractivity contribution is 5.73. The number of benzene rings is 1. The molecule has 0 unspecified atom stereocenters. The Kier molecular flexibility index (Phi) is 7.02. The van der Waals surface area contributed by atoms with Gasteiger partial charge in [-0.25, -0.2) is 4.79 Å². The van der Waals surface area contributed by atoms with Gasteiger partial charge in [-0.15, -0.1) is 5.10 Å². The van der Waals surface area contributed by atoms with Crippen molar-refractivity contribution in [2.45, 2.75) is 44.6 Å². The lowest BCUT2D eigenvalue weighted by Crippen LogP contribution is -2.32. The van der Waals surface area contributed by atoms with Crippen LogP contribution < -0.4 is 15.5 Å². The van der Waals surface area contributed by atoms with Crippen LogP contribution in [0.25, 0.3) is 0 Å². The summed E-state index contributed by atoms with van der Waals surface area (Å²) in [7, 11) is 1.62. The van der Waals surface area contributed by atoms with Gasteiger partial charge < -0.3 is 15.5 Å². The smallest absolute Gasteiger partial charge is 0.314 e. The highest BCUT2D eigenvalue weighted by Crippen LogP contribution is 2.39. The quantitative estimate of drug-likeness (QED) is 0.862. The van der Waals surface area contributed by atoms with Crippen molar-refractivity contribution in [3.05, 3.63) is 53.7 Å². The van der Waals surface area contributed by atoms with Gasteiger partial charge in [-0.05, 0) is 61.3 Å². The zero-order chi connectivity index (χ0) is 18.9. The van der Waals surface area contributed by atoms with Gasteiger partial charge in [0.1, 0.15) is 0 Å². The average molecular weight is 370 g/mol. The van der Waals surface area contributed by atoms with Crippen LogP contribution in [0.5, 0.6) is 0 Å². The fraction of sp³-hybridized carbons (Fsp3) is 0.476. The molecule has 1 aliphatic carbocycles. The molecule has 2 fully saturated rings. The lowest BCUT2D eigenvalue weighted by molar-refractivity contribution is 0.242. The van der Waals surface area contributed by atoms with Crippen LogP contribution in [0.2, 0.25) is 0 Å². The minimum absolute atomic E-state index is 0. The molecule has 1 aliphatic heterocycles. The molecule has 1 aromatic heterocycles. The zero-order valence-electron chi connectivity index (χ0n) is 16.0. The maximum absolute atomic E-state index is 10.9. The molecule has 0 atom stereocenters. The van der Waals surface area contributed by atoms with E-state index < -0.39 is 0 Å². The molecule has 2 amide bonds. The molecular weight excluding hydrogens is 338 g/mol.